The quantitative estimate of drug-likeness (QED) is 0.490. The van der Waals surface area contributed by atoms with Crippen molar-refractivity contribution in [2.24, 2.45) is 5.10 Å². The molecule has 0 radical (unpaired) electrons. The SMILES string of the molecule is C/C(=N\NC(=S)Nc1ccccc1C(F)(F)F)c1cccs1. The van der Waals surface area contributed by atoms with Crippen LogP contribution in [0.4, 0.5) is 18.9 Å². The van der Waals surface area contributed by atoms with E-state index in [-0.39, 0.29) is 10.8 Å². The average Bonchev–Trinajstić information content (AvgIpc) is 2.98. The molecule has 0 aliphatic rings. The number of benzene rings is 1. The Balaban J connectivity index is 2.06. The number of halogens is 3. The van der Waals surface area contributed by atoms with Crippen LogP contribution >= 0.6 is 23.6 Å². The first kappa shape index (κ1) is 16.4. The lowest BCUT2D eigenvalue weighted by Gasteiger charge is -2.14. The first-order chi connectivity index (χ1) is 10.4. The van der Waals surface area contributed by atoms with Gasteiger partial charge in [0.1, 0.15) is 0 Å². The lowest BCUT2D eigenvalue weighted by Crippen LogP contribution is -2.26. The fraction of sp³-hybridized carbons (Fsp3) is 0.143. The number of nitrogens with one attached hydrogen (secondary N) is 2. The summed E-state index contributed by atoms with van der Waals surface area (Å²) >= 11 is 6.48. The van der Waals surface area contributed by atoms with Crippen LogP contribution in [-0.2, 0) is 6.18 Å². The van der Waals surface area contributed by atoms with Crippen LogP contribution in [0, 0.1) is 0 Å². The molecule has 0 unspecified atom stereocenters. The van der Waals surface area contributed by atoms with E-state index in [9.17, 15) is 13.2 Å². The van der Waals surface area contributed by atoms with Crippen molar-refractivity contribution < 1.29 is 13.2 Å². The smallest absolute Gasteiger partial charge is 0.331 e. The van der Waals surface area contributed by atoms with Gasteiger partial charge in [0.15, 0.2) is 5.11 Å². The highest BCUT2D eigenvalue weighted by Crippen LogP contribution is 2.34. The van der Waals surface area contributed by atoms with Crippen LogP contribution in [0.25, 0.3) is 0 Å². The summed E-state index contributed by atoms with van der Waals surface area (Å²) in [6, 6.07) is 8.90. The Morgan fingerprint density at radius 3 is 2.55 bits per heavy atom. The second kappa shape index (κ2) is 6.89. The van der Waals surface area contributed by atoms with Gasteiger partial charge >= 0.3 is 6.18 Å². The van der Waals surface area contributed by atoms with E-state index in [1.807, 2.05) is 17.5 Å². The fourth-order valence-electron chi connectivity index (χ4n) is 1.66. The minimum Gasteiger partial charge on any atom is -0.331 e. The normalized spacial score (nSPS) is 12.1. The zero-order valence-corrected chi connectivity index (χ0v) is 13.1. The topological polar surface area (TPSA) is 36.4 Å². The molecule has 2 N–H and O–H groups in total. The van der Waals surface area contributed by atoms with E-state index in [0.29, 0.717) is 5.71 Å². The molecule has 2 rings (SSSR count). The molecule has 0 fully saturated rings. The summed E-state index contributed by atoms with van der Waals surface area (Å²) in [6.45, 7) is 1.78. The molecule has 22 heavy (non-hydrogen) atoms. The highest BCUT2D eigenvalue weighted by molar-refractivity contribution is 7.80. The van der Waals surface area contributed by atoms with Crippen molar-refractivity contribution in [1.29, 1.82) is 0 Å². The van der Waals surface area contributed by atoms with Gasteiger partial charge in [0.05, 0.1) is 17.0 Å². The Hall–Kier alpha value is -1.93. The van der Waals surface area contributed by atoms with E-state index < -0.39 is 11.7 Å². The van der Waals surface area contributed by atoms with Crippen molar-refractivity contribution in [3.63, 3.8) is 0 Å². The fourth-order valence-corrected chi connectivity index (χ4v) is 2.50. The van der Waals surface area contributed by atoms with Crippen molar-refractivity contribution in [2.45, 2.75) is 13.1 Å². The number of alkyl halides is 3. The minimum absolute atomic E-state index is 0.00685. The first-order valence-corrected chi connectivity index (χ1v) is 7.48. The van der Waals surface area contributed by atoms with Crippen LogP contribution < -0.4 is 10.7 Å². The molecule has 0 amide bonds. The molecule has 0 aliphatic heterocycles. The van der Waals surface area contributed by atoms with Crippen LogP contribution in [0.5, 0.6) is 0 Å². The molecule has 0 saturated carbocycles. The second-order valence-electron chi connectivity index (χ2n) is 4.28. The predicted octanol–water partition coefficient (Wildman–Crippen LogP) is 4.48. The van der Waals surface area contributed by atoms with Gasteiger partial charge in [-0.15, -0.1) is 11.3 Å². The van der Waals surface area contributed by atoms with Crippen molar-refractivity contribution >= 4 is 40.1 Å². The van der Waals surface area contributed by atoms with E-state index in [1.54, 1.807) is 6.92 Å². The zero-order valence-electron chi connectivity index (χ0n) is 11.4. The van der Waals surface area contributed by atoms with Gasteiger partial charge in [0.2, 0.25) is 0 Å². The van der Waals surface area contributed by atoms with Crippen LogP contribution in [0.2, 0.25) is 0 Å². The van der Waals surface area contributed by atoms with Gasteiger partial charge in [0.25, 0.3) is 0 Å². The molecule has 0 atom stereocenters. The second-order valence-corrected chi connectivity index (χ2v) is 5.64. The Morgan fingerprint density at radius 1 is 1.18 bits per heavy atom. The summed E-state index contributed by atoms with van der Waals surface area (Å²) < 4.78 is 38.6. The molecule has 1 aromatic heterocycles. The number of hydrogen-bond donors (Lipinski definition) is 2. The van der Waals surface area contributed by atoms with E-state index >= 15 is 0 Å². The maximum absolute atomic E-state index is 12.9. The largest absolute Gasteiger partial charge is 0.418 e. The van der Waals surface area contributed by atoms with E-state index in [1.165, 1.54) is 29.5 Å². The molecule has 116 valence electrons. The standard InChI is InChI=1S/C14H12F3N3S2/c1-9(12-7-4-8-22-12)19-20-13(21)18-11-6-3-2-5-10(11)14(15,16)17/h2-8H,1H3,(H2,18,20,21)/b19-9+. The number of hydrogen-bond acceptors (Lipinski definition) is 3. The number of rotatable bonds is 3. The predicted molar refractivity (Wildman–Crippen MR) is 87.3 cm³/mol. The molecule has 1 aromatic carbocycles. The summed E-state index contributed by atoms with van der Waals surface area (Å²) in [6.07, 6.45) is -4.45. The van der Waals surface area contributed by atoms with Crippen LogP contribution in [0.3, 0.4) is 0 Å². The highest BCUT2D eigenvalue weighted by atomic mass is 32.1. The summed E-state index contributed by atoms with van der Waals surface area (Å²) in [5.74, 6) is 0. The van der Waals surface area contributed by atoms with Gasteiger partial charge in [-0.05, 0) is 42.7 Å². The summed E-state index contributed by atoms with van der Waals surface area (Å²) in [4.78, 5) is 0.950. The molecule has 3 nitrogen and oxygen atoms in total. The average molecular weight is 343 g/mol. The number of thiophene rings is 1. The van der Waals surface area contributed by atoms with E-state index in [0.717, 1.165) is 10.9 Å². The number of anilines is 1. The number of thiocarbonyl (C=S) groups is 1. The van der Waals surface area contributed by atoms with Crippen LogP contribution in [-0.4, -0.2) is 10.8 Å². The molecule has 0 aliphatic carbocycles. The van der Waals surface area contributed by atoms with Gasteiger partial charge < -0.3 is 5.32 Å². The van der Waals surface area contributed by atoms with Crippen LogP contribution in [0.1, 0.15) is 17.4 Å². The maximum atomic E-state index is 12.9. The third-order valence-electron chi connectivity index (χ3n) is 2.68. The van der Waals surface area contributed by atoms with E-state index in [2.05, 4.69) is 15.8 Å². The Bertz CT molecular complexity index is 679. The number of nitrogens with zero attached hydrogens (tertiary/aromatic N) is 1. The van der Waals surface area contributed by atoms with Gasteiger partial charge in [-0.25, -0.2) is 0 Å². The number of hydrazone groups is 1. The Morgan fingerprint density at radius 2 is 1.91 bits per heavy atom. The molecule has 0 spiro atoms. The van der Waals surface area contributed by atoms with Crippen LogP contribution in [0.15, 0.2) is 46.9 Å². The van der Waals surface area contributed by atoms with E-state index in [4.69, 9.17) is 12.2 Å². The Kier molecular flexibility index (Phi) is 5.15. The number of para-hydroxylation sites is 1. The van der Waals surface area contributed by atoms with Gasteiger partial charge in [-0.1, -0.05) is 18.2 Å². The molecular weight excluding hydrogens is 331 g/mol. The van der Waals surface area contributed by atoms with Crippen molar-refractivity contribution in [1.82, 2.24) is 5.43 Å². The summed E-state index contributed by atoms with van der Waals surface area (Å²) in [5.41, 5.74) is 2.35. The molecule has 0 saturated heterocycles. The zero-order chi connectivity index (χ0) is 16.2. The third-order valence-corrected chi connectivity index (χ3v) is 3.86. The molecular formula is C14H12F3N3S2. The molecule has 8 heteroatoms. The summed E-state index contributed by atoms with van der Waals surface area (Å²) in [7, 11) is 0. The van der Waals surface area contributed by atoms with Crippen molar-refractivity contribution in [3.8, 4) is 0 Å². The van der Waals surface area contributed by atoms with Crippen molar-refractivity contribution in [3.05, 3.63) is 52.2 Å². The van der Waals surface area contributed by atoms with Gasteiger partial charge in [-0.3, -0.25) is 5.43 Å². The lowest BCUT2D eigenvalue weighted by molar-refractivity contribution is -0.136. The summed E-state index contributed by atoms with van der Waals surface area (Å²) in [5, 5.41) is 8.46. The monoisotopic (exact) mass is 343 g/mol. The molecule has 0 bridgehead atoms. The lowest BCUT2D eigenvalue weighted by atomic mass is 10.2. The minimum atomic E-state index is -4.45. The maximum Gasteiger partial charge on any atom is 0.418 e. The van der Waals surface area contributed by atoms with Crippen molar-refractivity contribution in [2.75, 3.05) is 5.32 Å². The Labute approximate surface area is 134 Å². The highest BCUT2D eigenvalue weighted by Gasteiger charge is 2.33. The third kappa shape index (κ3) is 4.28. The first-order valence-electron chi connectivity index (χ1n) is 6.19. The van der Waals surface area contributed by atoms with Gasteiger partial charge in [0, 0.05) is 4.88 Å². The molecule has 2 aromatic rings. The van der Waals surface area contributed by atoms with Gasteiger partial charge in [-0.2, -0.15) is 18.3 Å². The molecule has 1 heterocycles.